The van der Waals surface area contributed by atoms with Crippen LogP contribution in [0.3, 0.4) is 0 Å². The summed E-state index contributed by atoms with van der Waals surface area (Å²) in [4.78, 5) is 16.5. The lowest BCUT2D eigenvalue weighted by molar-refractivity contribution is -0.0495. The van der Waals surface area contributed by atoms with Gasteiger partial charge in [-0.15, -0.1) is 0 Å². The number of imidazole rings is 1. The Morgan fingerprint density at radius 2 is 1.77 bits per heavy atom. The number of halogens is 5. The maximum Gasteiger partial charge on any atom is 0.527 e. The first kappa shape index (κ1) is 32.6. The van der Waals surface area contributed by atoms with E-state index >= 15 is 0 Å². The second kappa shape index (κ2) is 12.5. The van der Waals surface area contributed by atoms with Crippen molar-refractivity contribution in [2.24, 2.45) is 7.05 Å². The number of hydrogen-bond donors (Lipinski definition) is 1. The van der Waals surface area contributed by atoms with Crippen molar-refractivity contribution in [1.29, 1.82) is 0 Å². The number of aromatic nitrogens is 3. The highest BCUT2D eigenvalue weighted by Gasteiger charge is 2.55. The van der Waals surface area contributed by atoms with Gasteiger partial charge in [0.05, 0.1) is 21.0 Å². The molecule has 40 heavy (non-hydrogen) atoms. The van der Waals surface area contributed by atoms with Gasteiger partial charge in [0.2, 0.25) is 4.90 Å². The largest absolute Gasteiger partial charge is 0.527 e. The molecule has 1 atom stereocenters. The quantitative estimate of drug-likeness (QED) is 0.180. The lowest BCUT2D eigenvalue weighted by Crippen LogP contribution is -2.34. The van der Waals surface area contributed by atoms with Crippen LogP contribution in [0.4, 0.5) is 13.2 Å². The zero-order valence-electron chi connectivity index (χ0n) is 21.0. The number of alkyl halides is 3. The van der Waals surface area contributed by atoms with Crippen molar-refractivity contribution in [2.45, 2.75) is 28.4 Å². The second-order valence-electron chi connectivity index (χ2n) is 8.22. The van der Waals surface area contributed by atoms with Crippen molar-refractivity contribution in [2.75, 3.05) is 20.6 Å². The Morgan fingerprint density at radius 3 is 2.30 bits per heavy atom. The Hall–Kier alpha value is -1.90. The normalized spacial score (nSPS) is 13.5. The van der Waals surface area contributed by atoms with Gasteiger partial charge < -0.3 is 9.88 Å². The first-order valence-electron chi connectivity index (χ1n) is 11.1. The molecule has 0 aliphatic rings. The summed E-state index contributed by atoms with van der Waals surface area (Å²) in [6.07, 6.45) is 1.35. The van der Waals surface area contributed by atoms with Gasteiger partial charge in [0.15, 0.2) is 0 Å². The summed E-state index contributed by atoms with van der Waals surface area (Å²) in [6, 6.07) is 8.61. The van der Waals surface area contributed by atoms with Crippen molar-refractivity contribution >= 4 is 69.3 Å². The number of nitrogens with one attached hydrogen (secondary N) is 1. The molecule has 1 amide bonds. The molecule has 0 bridgehead atoms. The predicted molar refractivity (Wildman–Crippen MR) is 148 cm³/mol. The van der Waals surface area contributed by atoms with E-state index in [2.05, 4.69) is 45.8 Å². The topological polar surface area (TPSA) is 133 Å². The van der Waals surface area contributed by atoms with Crippen molar-refractivity contribution in [3.63, 3.8) is 0 Å². The van der Waals surface area contributed by atoms with E-state index in [-0.39, 0.29) is 35.9 Å². The number of carbonyl (C=O) groups excluding carboxylic acids is 1. The Balaban J connectivity index is 1.95. The van der Waals surface area contributed by atoms with Gasteiger partial charge in [-0.3, -0.25) is 4.79 Å². The van der Waals surface area contributed by atoms with Crippen LogP contribution in [0.2, 0.25) is 0 Å². The third-order valence-electron chi connectivity index (χ3n) is 5.26. The molecule has 0 radical (unpaired) electrons. The van der Waals surface area contributed by atoms with Gasteiger partial charge >= 0.3 is 31.0 Å². The Bertz CT molecular complexity index is 1590. The van der Waals surface area contributed by atoms with E-state index in [0.29, 0.717) is 18.7 Å². The molecule has 0 aliphatic heterocycles. The minimum atomic E-state index is -6.13. The van der Waals surface area contributed by atoms with Gasteiger partial charge in [-0.2, -0.15) is 43.3 Å². The van der Waals surface area contributed by atoms with E-state index in [4.69, 9.17) is 0 Å². The molecule has 0 saturated heterocycles. The first-order valence-corrected chi connectivity index (χ1v) is 16.6. The van der Waals surface area contributed by atoms with E-state index in [0.717, 1.165) is 10.5 Å². The molecule has 0 spiro atoms. The summed E-state index contributed by atoms with van der Waals surface area (Å²) in [7, 11) is -6.45. The summed E-state index contributed by atoms with van der Waals surface area (Å²) >= 11 is 4.25. The predicted octanol–water partition coefficient (Wildman–Crippen LogP) is 3.58. The van der Waals surface area contributed by atoms with Gasteiger partial charge in [-0.25, -0.2) is 0 Å². The maximum atomic E-state index is 13.3. The summed E-state index contributed by atoms with van der Waals surface area (Å²) in [5.41, 5.74) is -5.35. The fourth-order valence-electron chi connectivity index (χ4n) is 3.23. The van der Waals surface area contributed by atoms with Crippen LogP contribution in [-0.2, 0) is 48.6 Å². The molecule has 1 unspecified atom stereocenters. The highest BCUT2D eigenvalue weighted by atomic mass is 79.9. The van der Waals surface area contributed by atoms with Crippen LogP contribution >= 0.6 is 31.9 Å². The SMILES string of the molecule is CN(C)S(=O)(=O)n1c(CCCNC(=O)c2cc(Br)c(Br)n2C)cnc1[S+](OS(=O)(=O)C(F)(F)F)c1ccccc1. The minimum absolute atomic E-state index is 0.0128. The molecule has 1 N–H and O–H groups in total. The van der Waals surface area contributed by atoms with E-state index in [1.54, 1.807) is 23.7 Å². The molecule has 3 rings (SSSR count). The molecule has 0 saturated carbocycles. The summed E-state index contributed by atoms with van der Waals surface area (Å²) in [5.74, 6) is -0.389. The Labute approximate surface area is 248 Å². The number of carbonyl (C=O) groups is 1. The third-order valence-corrected chi connectivity index (χ3v) is 12.4. The molecule has 220 valence electrons. The van der Waals surface area contributed by atoms with Gasteiger partial charge in [-0.1, -0.05) is 18.2 Å². The molecular formula is C21H23Br2F3N5O6S3+. The van der Waals surface area contributed by atoms with Crippen LogP contribution in [0.15, 0.2) is 61.7 Å². The van der Waals surface area contributed by atoms with E-state index in [1.807, 2.05) is 0 Å². The average molecular weight is 754 g/mol. The number of amides is 1. The van der Waals surface area contributed by atoms with Crippen LogP contribution in [0.5, 0.6) is 0 Å². The molecule has 0 aliphatic carbocycles. The molecule has 11 nitrogen and oxygen atoms in total. The van der Waals surface area contributed by atoms with E-state index < -0.39 is 42.2 Å². The fourth-order valence-corrected chi connectivity index (χ4v) is 8.12. The molecule has 1 aromatic carbocycles. The Morgan fingerprint density at radius 1 is 1.15 bits per heavy atom. The van der Waals surface area contributed by atoms with Crippen LogP contribution in [-0.4, -0.2) is 66.7 Å². The third kappa shape index (κ3) is 6.93. The number of aryl methyl sites for hydroxylation is 1. The van der Waals surface area contributed by atoms with E-state index in [1.165, 1.54) is 38.4 Å². The van der Waals surface area contributed by atoms with Crippen molar-refractivity contribution < 1.29 is 38.4 Å². The smallest absolute Gasteiger partial charge is 0.351 e. The zero-order chi connectivity index (χ0) is 30.0. The highest BCUT2D eigenvalue weighted by Crippen LogP contribution is 2.34. The van der Waals surface area contributed by atoms with Gasteiger partial charge in [0.1, 0.15) is 5.69 Å². The number of nitrogens with zero attached hydrogens (tertiary/aromatic N) is 4. The molecule has 0 fully saturated rings. The van der Waals surface area contributed by atoms with Crippen LogP contribution < -0.4 is 5.32 Å². The van der Waals surface area contributed by atoms with E-state index in [9.17, 15) is 34.8 Å². The molecular weight excluding hydrogens is 731 g/mol. The van der Waals surface area contributed by atoms with Crippen LogP contribution in [0.1, 0.15) is 22.6 Å². The molecule has 2 aromatic heterocycles. The molecule has 19 heteroatoms. The van der Waals surface area contributed by atoms with Crippen molar-refractivity contribution in [3.05, 3.63) is 63.1 Å². The molecule has 3 aromatic rings. The minimum Gasteiger partial charge on any atom is -0.351 e. The number of rotatable bonds is 11. The van der Waals surface area contributed by atoms with Gasteiger partial charge in [0.25, 0.3) is 17.1 Å². The second-order valence-corrected chi connectivity index (χ2v) is 15.1. The number of benzene rings is 1. The lowest BCUT2D eigenvalue weighted by atomic mass is 10.2. The average Bonchev–Trinajstić information content (AvgIpc) is 3.41. The summed E-state index contributed by atoms with van der Waals surface area (Å²) in [5, 5.41) is 2.15. The monoisotopic (exact) mass is 752 g/mol. The first-order chi connectivity index (χ1) is 18.5. The maximum absolute atomic E-state index is 13.3. The molecule has 2 heterocycles. The zero-order valence-corrected chi connectivity index (χ0v) is 26.6. The Kier molecular flexibility index (Phi) is 10.2. The summed E-state index contributed by atoms with van der Waals surface area (Å²) < 4.78 is 99.2. The number of hydrogen-bond acceptors (Lipinski definition) is 7. The van der Waals surface area contributed by atoms with Gasteiger partial charge in [0, 0.05) is 27.7 Å². The summed E-state index contributed by atoms with van der Waals surface area (Å²) in [6.45, 7) is 0.116. The standard InChI is InChI=1S/C21H22Br2F3N5O6S3/c1-29(2)40(35,36)31-14(8-7-11-27-19(32)17-12-16(22)18(23)30(17)3)13-28-20(31)38(15-9-5-4-6-10-15)37-39(33,34)21(24,25)26/h4-6,9-10,12-13H,7-8,11H2,1-3H3/p+1. The van der Waals surface area contributed by atoms with Crippen molar-refractivity contribution in [1.82, 2.24) is 23.1 Å². The highest BCUT2D eigenvalue weighted by molar-refractivity contribution is 9.13. The van der Waals surface area contributed by atoms with Gasteiger partial charge in [-0.05, 0) is 66.5 Å². The fraction of sp³-hybridized carbons (Fsp3) is 0.333. The van der Waals surface area contributed by atoms with Crippen LogP contribution in [0, 0.1) is 0 Å². The van der Waals surface area contributed by atoms with Crippen LogP contribution in [0.25, 0.3) is 0 Å². The van der Waals surface area contributed by atoms with Crippen molar-refractivity contribution in [3.8, 4) is 0 Å². The lowest BCUT2D eigenvalue weighted by Gasteiger charge is -2.16.